The van der Waals surface area contributed by atoms with Gasteiger partial charge in [-0.25, -0.2) is 9.69 Å². The summed E-state index contributed by atoms with van der Waals surface area (Å²) in [5.41, 5.74) is 4.02. The average Bonchev–Trinajstić information content (AvgIpc) is 3.56. The fraction of sp³-hybridized carbons (Fsp3) is 0.346. The van der Waals surface area contributed by atoms with Crippen LogP contribution in [-0.2, 0) is 12.7 Å². The zero-order valence-corrected chi connectivity index (χ0v) is 22.3. The molecule has 1 amide bonds. The summed E-state index contributed by atoms with van der Waals surface area (Å²) in [6, 6.07) is 9.55. The van der Waals surface area contributed by atoms with Gasteiger partial charge in [-0.3, -0.25) is 15.2 Å². The largest absolute Gasteiger partial charge is 0.416 e. The van der Waals surface area contributed by atoms with E-state index in [1.807, 2.05) is 5.01 Å². The van der Waals surface area contributed by atoms with Crippen LogP contribution in [0.3, 0.4) is 0 Å². The highest BCUT2D eigenvalue weighted by Crippen LogP contribution is 2.35. The summed E-state index contributed by atoms with van der Waals surface area (Å²) in [7, 11) is 0. The topological polar surface area (TPSA) is 86.6 Å². The van der Waals surface area contributed by atoms with Crippen molar-refractivity contribution in [2.24, 2.45) is 4.99 Å². The van der Waals surface area contributed by atoms with Crippen LogP contribution < -0.4 is 16.1 Å². The second-order valence-electron chi connectivity index (χ2n) is 9.26. The fourth-order valence-electron chi connectivity index (χ4n) is 4.63. The predicted octanol–water partition coefficient (Wildman–Crippen LogP) is 5.04. The normalized spacial score (nSPS) is 16.1. The molecule has 0 atom stereocenters. The first-order chi connectivity index (χ1) is 18.7. The number of hydrogen-bond acceptors (Lipinski definition) is 6. The van der Waals surface area contributed by atoms with Crippen molar-refractivity contribution in [2.45, 2.75) is 32.0 Å². The molecule has 1 aromatic heterocycles. The molecule has 0 spiro atoms. The third kappa shape index (κ3) is 6.15. The van der Waals surface area contributed by atoms with Crippen molar-refractivity contribution >= 4 is 35.1 Å². The molecule has 0 bridgehead atoms. The maximum atomic E-state index is 13.6. The van der Waals surface area contributed by atoms with Gasteiger partial charge < -0.3 is 10.6 Å². The number of halogens is 5. The first kappa shape index (κ1) is 27.3. The van der Waals surface area contributed by atoms with Crippen LogP contribution >= 0.6 is 23.2 Å². The van der Waals surface area contributed by atoms with Gasteiger partial charge in [0.2, 0.25) is 0 Å². The SMILES string of the molecule is O=C(NN1CCCCC1)c1nn(-c2ccc(Cl)cc2Cl)c(-c2ccc(C(F)(F)F)cc2)c1CNC1=NCCN1. The van der Waals surface area contributed by atoms with E-state index in [-0.39, 0.29) is 17.3 Å². The van der Waals surface area contributed by atoms with Crippen molar-refractivity contribution in [2.75, 3.05) is 26.2 Å². The molecule has 2 aromatic carbocycles. The molecule has 3 heterocycles. The summed E-state index contributed by atoms with van der Waals surface area (Å²) >= 11 is 12.7. The number of aliphatic imine (C=N–C) groups is 1. The molecule has 3 aromatic rings. The number of nitrogens with zero attached hydrogens (tertiary/aromatic N) is 4. The minimum atomic E-state index is -4.49. The monoisotopic (exact) mass is 579 g/mol. The molecule has 5 rings (SSSR count). The predicted molar refractivity (Wildman–Crippen MR) is 144 cm³/mol. The number of hydrogen-bond donors (Lipinski definition) is 3. The molecule has 3 N–H and O–H groups in total. The standard InChI is InChI=1S/C26H26Cl2F3N7O/c27-18-8-9-21(20(28)14-18)38-23(16-4-6-17(7-5-16)26(29,30)31)19(15-34-25-32-10-11-33-25)22(35-38)24(39)36-37-12-2-1-3-13-37/h4-9,14H,1-3,10-13,15H2,(H,36,39)(H2,32,33,34). The molecular weight excluding hydrogens is 554 g/mol. The van der Waals surface area contributed by atoms with Crippen LogP contribution in [0.25, 0.3) is 16.9 Å². The van der Waals surface area contributed by atoms with E-state index in [0.717, 1.165) is 44.5 Å². The van der Waals surface area contributed by atoms with Crippen LogP contribution in [0.2, 0.25) is 10.0 Å². The number of benzene rings is 2. The van der Waals surface area contributed by atoms with E-state index in [4.69, 9.17) is 23.2 Å². The Morgan fingerprint density at radius 1 is 1.05 bits per heavy atom. The van der Waals surface area contributed by atoms with E-state index in [1.54, 1.807) is 18.2 Å². The lowest BCUT2D eigenvalue weighted by Gasteiger charge is -2.26. The van der Waals surface area contributed by atoms with Crippen LogP contribution in [0.15, 0.2) is 47.5 Å². The Morgan fingerprint density at radius 2 is 1.79 bits per heavy atom. The van der Waals surface area contributed by atoms with Gasteiger partial charge >= 0.3 is 6.18 Å². The minimum absolute atomic E-state index is 0.118. The second kappa shape index (κ2) is 11.4. The first-order valence-corrected chi connectivity index (χ1v) is 13.3. The van der Waals surface area contributed by atoms with Crippen LogP contribution in [-0.4, -0.2) is 52.8 Å². The van der Waals surface area contributed by atoms with Gasteiger partial charge in [0.05, 0.1) is 28.5 Å². The first-order valence-electron chi connectivity index (χ1n) is 12.5. The Morgan fingerprint density at radius 3 is 2.44 bits per heavy atom. The van der Waals surface area contributed by atoms with Crippen LogP contribution in [0.1, 0.15) is 40.9 Å². The summed E-state index contributed by atoms with van der Waals surface area (Å²) in [6.45, 7) is 2.85. The molecule has 8 nitrogen and oxygen atoms in total. The zero-order chi connectivity index (χ0) is 27.6. The summed E-state index contributed by atoms with van der Waals surface area (Å²) in [6.07, 6.45) is -1.47. The van der Waals surface area contributed by atoms with E-state index >= 15 is 0 Å². The number of nitrogens with one attached hydrogen (secondary N) is 3. The summed E-state index contributed by atoms with van der Waals surface area (Å²) < 4.78 is 41.5. The molecule has 206 valence electrons. The van der Waals surface area contributed by atoms with Crippen molar-refractivity contribution < 1.29 is 18.0 Å². The van der Waals surface area contributed by atoms with Gasteiger partial charge in [-0.15, -0.1) is 0 Å². The smallest absolute Gasteiger partial charge is 0.355 e. The summed E-state index contributed by atoms with van der Waals surface area (Å²) in [5, 5.41) is 13.5. The van der Waals surface area contributed by atoms with Gasteiger partial charge in [-0.1, -0.05) is 41.8 Å². The van der Waals surface area contributed by atoms with Gasteiger partial charge in [-0.05, 0) is 43.2 Å². The van der Waals surface area contributed by atoms with Gasteiger partial charge in [0.15, 0.2) is 11.7 Å². The Labute approximate surface area is 233 Å². The van der Waals surface area contributed by atoms with Gasteiger partial charge in [0.1, 0.15) is 0 Å². The highest BCUT2D eigenvalue weighted by Gasteiger charge is 2.31. The number of guanidine groups is 1. The maximum Gasteiger partial charge on any atom is 0.416 e. The number of alkyl halides is 3. The quantitative estimate of drug-likeness (QED) is 0.381. The number of hydrazine groups is 1. The van der Waals surface area contributed by atoms with E-state index < -0.39 is 17.6 Å². The van der Waals surface area contributed by atoms with Crippen LogP contribution in [0, 0.1) is 0 Å². The average molecular weight is 580 g/mol. The molecule has 0 unspecified atom stereocenters. The molecule has 0 aliphatic carbocycles. The molecule has 1 fully saturated rings. The third-order valence-electron chi connectivity index (χ3n) is 6.54. The Kier molecular flexibility index (Phi) is 8.01. The van der Waals surface area contributed by atoms with Gasteiger partial charge in [0.25, 0.3) is 5.91 Å². The molecule has 39 heavy (non-hydrogen) atoms. The van der Waals surface area contributed by atoms with E-state index in [1.165, 1.54) is 16.8 Å². The van der Waals surface area contributed by atoms with Crippen LogP contribution in [0.5, 0.6) is 0 Å². The minimum Gasteiger partial charge on any atom is -0.355 e. The van der Waals surface area contributed by atoms with Crippen molar-refractivity contribution in [3.05, 3.63) is 69.3 Å². The Hall–Kier alpha value is -3.28. The summed E-state index contributed by atoms with van der Waals surface area (Å²) in [5.74, 6) is 0.139. The highest BCUT2D eigenvalue weighted by molar-refractivity contribution is 6.35. The highest BCUT2D eigenvalue weighted by atomic mass is 35.5. The summed E-state index contributed by atoms with van der Waals surface area (Å²) in [4.78, 5) is 17.9. The Bertz CT molecular complexity index is 1380. The second-order valence-corrected chi connectivity index (χ2v) is 10.1. The maximum absolute atomic E-state index is 13.6. The van der Waals surface area contributed by atoms with E-state index in [9.17, 15) is 18.0 Å². The number of piperidine rings is 1. The number of rotatable bonds is 6. The van der Waals surface area contributed by atoms with E-state index in [0.29, 0.717) is 46.6 Å². The lowest BCUT2D eigenvalue weighted by atomic mass is 10.0. The number of aromatic nitrogens is 2. The third-order valence-corrected chi connectivity index (χ3v) is 7.08. The van der Waals surface area contributed by atoms with Crippen molar-refractivity contribution in [1.82, 2.24) is 30.8 Å². The molecular formula is C26H26Cl2F3N7O. The molecule has 13 heteroatoms. The molecule has 2 aliphatic heterocycles. The fourth-order valence-corrected chi connectivity index (χ4v) is 5.12. The van der Waals surface area contributed by atoms with Crippen LogP contribution in [0.4, 0.5) is 13.2 Å². The van der Waals surface area contributed by atoms with Crippen molar-refractivity contribution in [3.8, 4) is 16.9 Å². The lowest BCUT2D eigenvalue weighted by molar-refractivity contribution is -0.137. The van der Waals surface area contributed by atoms with Gasteiger partial charge in [-0.2, -0.15) is 18.3 Å². The molecule has 0 saturated carbocycles. The molecule has 0 radical (unpaired) electrons. The lowest BCUT2D eigenvalue weighted by Crippen LogP contribution is -2.45. The van der Waals surface area contributed by atoms with E-state index in [2.05, 4.69) is 26.2 Å². The van der Waals surface area contributed by atoms with Gasteiger partial charge in [0, 0.05) is 42.3 Å². The van der Waals surface area contributed by atoms with Crippen molar-refractivity contribution in [3.63, 3.8) is 0 Å². The molecule has 1 saturated heterocycles. The number of amides is 1. The molecule has 2 aliphatic rings. The number of carbonyl (C=O) groups is 1. The van der Waals surface area contributed by atoms with Crippen molar-refractivity contribution in [1.29, 1.82) is 0 Å². The number of carbonyl (C=O) groups excluding carboxylic acids is 1. The Balaban J connectivity index is 1.64. The zero-order valence-electron chi connectivity index (χ0n) is 20.8.